The molecule has 22 heavy (non-hydrogen) atoms. The first kappa shape index (κ1) is 15.3. The number of nitrogens with zero attached hydrogens (tertiary/aromatic N) is 1. The van der Waals surface area contributed by atoms with Crippen molar-refractivity contribution in [1.82, 2.24) is 4.90 Å². The van der Waals surface area contributed by atoms with Crippen molar-refractivity contribution in [2.24, 2.45) is 0 Å². The number of hydrogen-bond donors (Lipinski definition) is 2. The summed E-state index contributed by atoms with van der Waals surface area (Å²) in [5.74, 6) is -1.57. The van der Waals surface area contributed by atoms with Crippen LogP contribution in [0.3, 0.4) is 0 Å². The van der Waals surface area contributed by atoms with Gasteiger partial charge in [0.15, 0.2) is 0 Å². The zero-order chi connectivity index (χ0) is 16.1. The van der Waals surface area contributed by atoms with Gasteiger partial charge < -0.3 is 14.9 Å². The maximum atomic E-state index is 13.6. The summed E-state index contributed by atoms with van der Waals surface area (Å²) in [5.41, 5.74) is -2.71. The molecule has 0 saturated carbocycles. The number of fused-ring (bicyclic) bond motifs is 1. The first-order valence-electron chi connectivity index (χ1n) is 6.72. The number of aliphatic hydroxyl groups is 2. The van der Waals surface area contributed by atoms with Crippen LogP contribution in [0.5, 0.6) is 0 Å². The summed E-state index contributed by atoms with van der Waals surface area (Å²) < 4.78 is 45.6. The number of carbonyl (C=O) groups is 1. The van der Waals surface area contributed by atoms with Crippen molar-refractivity contribution in [1.29, 1.82) is 0 Å². The summed E-state index contributed by atoms with van der Waals surface area (Å²) in [6.07, 6.45) is -9.04. The first-order valence-corrected chi connectivity index (χ1v) is 6.72. The Morgan fingerprint density at radius 1 is 1.23 bits per heavy atom. The Hall–Kier alpha value is -1.64. The zero-order valence-electron chi connectivity index (χ0n) is 11.3. The molecule has 2 aliphatic heterocycles. The molecule has 0 unspecified atom stereocenters. The van der Waals surface area contributed by atoms with E-state index in [1.807, 2.05) is 0 Å². The zero-order valence-corrected chi connectivity index (χ0v) is 11.3. The van der Waals surface area contributed by atoms with Crippen molar-refractivity contribution in [3.8, 4) is 0 Å². The van der Waals surface area contributed by atoms with E-state index in [0.717, 1.165) is 4.90 Å². The molecule has 2 N–H and O–H groups in total. The topological polar surface area (TPSA) is 70.0 Å². The van der Waals surface area contributed by atoms with E-state index < -0.39 is 42.5 Å². The quantitative estimate of drug-likeness (QED) is 0.743. The van der Waals surface area contributed by atoms with Gasteiger partial charge in [-0.05, 0) is 5.56 Å². The van der Waals surface area contributed by atoms with Gasteiger partial charge in [-0.2, -0.15) is 13.2 Å². The van der Waals surface area contributed by atoms with Gasteiger partial charge in [0.1, 0.15) is 12.7 Å². The molecule has 4 atom stereocenters. The number of β-amino-alcohol motifs (C(OH)–C–C–N with tert-alkyl or cyclic N) is 1. The Balaban J connectivity index is 2.12. The van der Waals surface area contributed by atoms with Crippen molar-refractivity contribution < 1.29 is 32.9 Å². The van der Waals surface area contributed by atoms with Crippen molar-refractivity contribution in [2.45, 2.75) is 30.0 Å². The van der Waals surface area contributed by atoms with E-state index in [-0.39, 0.29) is 6.61 Å². The molecule has 2 aliphatic rings. The van der Waals surface area contributed by atoms with Gasteiger partial charge in [-0.25, -0.2) is 4.79 Å². The molecule has 0 amide bonds. The number of ether oxygens (including phenoxy) is 1. The minimum Gasteiger partial charge on any atom is -0.462 e. The first-order chi connectivity index (χ1) is 10.3. The minimum atomic E-state index is -5.07. The molecule has 5 nitrogen and oxygen atoms in total. The fraction of sp³-hybridized carbons (Fsp3) is 0.500. The van der Waals surface area contributed by atoms with Crippen LogP contribution in [0.4, 0.5) is 13.2 Å². The molecule has 1 aromatic rings. The summed E-state index contributed by atoms with van der Waals surface area (Å²) in [6.45, 7) is -0.727. The van der Waals surface area contributed by atoms with Crippen LogP contribution in [-0.2, 0) is 9.53 Å². The highest BCUT2D eigenvalue weighted by Gasteiger charge is 2.76. The van der Waals surface area contributed by atoms with Gasteiger partial charge in [0.25, 0.3) is 0 Å². The number of hydrogen-bond acceptors (Lipinski definition) is 5. The monoisotopic (exact) mass is 317 g/mol. The van der Waals surface area contributed by atoms with Gasteiger partial charge in [0.05, 0.1) is 12.1 Å². The van der Waals surface area contributed by atoms with Gasteiger partial charge in [0, 0.05) is 6.54 Å². The van der Waals surface area contributed by atoms with E-state index >= 15 is 0 Å². The lowest BCUT2D eigenvalue weighted by molar-refractivity contribution is -0.270. The highest BCUT2D eigenvalue weighted by molar-refractivity contribution is 5.84. The van der Waals surface area contributed by atoms with Crippen LogP contribution in [0, 0.1) is 0 Å². The van der Waals surface area contributed by atoms with Gasteiger partial charge in [-0.3, -0.25) is 4.90 Å². The molecule has 0 aliphatic carbocycles. The highest BCUT2D eigenvalue weighted by Crippen LogP contribution is 2.50. The van der Waals surface area contributed by atoms with Gasteiger partial charge in [-0.1, -0.05) is 30.3 Å². The van der Waals surface area contributed by atoms with Crippen LogP contribution in [0.2, 0.25) is 0 Å². The van der Waals surface area contributed by atoms with Crippen molar-refractivity contribution in [3.63, 3.8) is 0 Å². The summed E-state index contributed by atoms with van der Waals surface area (Å²) >= 11 is 0. The third kappa shape index (κ3) is 1.87. The molecular weight excluding hydrogens is 303 g/mol. The molecular formula is C14H14F3NO4. The van der Waals surface area contributed by atoms with E-state index in [4.69, 9.17) is 4.74 Å². The average Bonchev–Trinajstić information content (AvgIpc) is 2.74. The lowest BCUT2D eigenvalue weighted by Crippen LogP contribution is -2.70. The standard InChI is InChI=1S/C14H14F3NO4/c15-14(16,17)13-11(20)10(19)6-18(13)9(7-22-12(13)21)8-4-2-1-3-5-8/h1-5,9-11,19-20H,6-7H2/t9-,10+,11+,13-/m0/s1. The molecule has 0 aromatic heterocycles. The number of benzene rings is 1. The fourth-order valence-electron chi connectivity index (χ4n) is 3.26. The lowest BCUT2D eigenvalue weighted by atomic mass is 9.88. The number of alkyl halides is 3. The number of halogens is 3. The maximum Gasteiger partial charge on any atom is 0.420 e. The molecule has 0 bridgehead atoms. The Labute approximate surface area is 123 Å². The number of aliphatic hydroxyl groups excluding tert-OH is 2. The molecule has 0 radical (unpaired) electrons. The molecule has 2 saturated heterocycles. The Bertz CT molecular complexity index is 579. The molecule has 2 fully saturated rings. The predicted octanol–water partition coefficient (Wildman–Crippen LogP) is 0.623. The summed E-state index contributed by atoms with van der Waals surface area (Å²) in [6, 6.07) is 7.37. The smallest absolute Gasteiger partial charge is 0.420 e. The molecule has 120 valence electrons. The van der Waals surface area contributed by atoms with Crippen molar-refractivity contribution in [3.05, 3.63) is 35.9 Å². The number of cyclic esters (lactones) is 1. The number of carbonyl (C=O) groups excluding carboxylic acids is 1. The maximum absolute atomic E-state index is 13.6. The molecule has 0 spiro atoms. The van der Waals surface area contributed by atoms with E-state index in [0.29, 0.717) is 5.56 Å². The third-order valence-electron chi connectivity index (χ3n) is 4.31. The molecule has 1 aromatic carbocycles. The molecule has 3 rings (SSSR count). The van der Waals surface area contributed by atoms with Crippen molar-refractivity contribution >= 4 is 5.97 Å². The van der Waals surface area contributed by atoms with E-state index in [1.165, 1.54) is 0 Å². The van der Waals surface area contributed by atoms with Crippen LogP contribution in [-0.4, -0.2) is 58.2 Å². The van der Waals surface area contributed by atoms with E-state index in [2.05, 4.69) is 0 Å². The highest BCUT2D eigenvalue weighted by atomic mass is 19.4. The fourth-order valence-corrected chi connectivity index (χ4v) is 3.26. The largest absolute Gasteiger partial charge is 0.462 e. The summed E-state index contributed by atoms with van der Waals surface area (Å²) in [7, 11) is 0. The minimum absolute atomic E-state index is 0.264. The Kier molecular flexibility index (Phi) is 3.42. The lowest BCUT2D eigenvalue weighted by Gasteiger charge is -2.46. The van der Waals surface area contributed by atoms with E-state index in [1.54, 1.807) is 30.3 Å². The number of rotatable bonds is 1. The van der Waals surface area contributed by atoms with Crippen LogP contribution in [0.15, 0.2) is 30.3 Å². The van der Waals surface area contributed by atoms with Gasteiger partial charge in [0.2, 0.25) is 5.54 Å². The molecule has 2 heterocycles. The van der Waals surface area contributed by atoms with Crippen LogP contribution >= 0.6 is 0 Å². The summed E-state index contributed by atoms with van der Waals surface area (Å²) in [4.78, 5) is 12.7. The van der Waals surface area contributed by atoms with Crippen LogP contribution in [0.1, 0.15) is 11.6 Å². The van der Waals surface area contributed by atoms with Gasteiger partial charge in [-0.15, -0.1) is 0 Å². The SMILES string of the molecule is O=C1OC[C@@H](c2ccccc2)N2C[C@@H](O)[C@@H](O)[C@@]12C(F)(F)F. The van der Waals surface area contributed by atoms with Gasteiger partial charge >= 0.3 is 12.1 Å². The number of esters is 1. The van der Waals surface area contributed by atoms with E-state index in [9.17, 15) is 28.2 Å². The average molecular weight is 317 g/mol. The Morgan fingerprint density at radius 3 is 2.45 bits per heavy atom. The second-order valence-corrected chi connectivity index (χ2v) is 5.45. The van der Waals surface area contributed by atoms with Crippen molar-refractivity contribution in [2.75, 3.05) is 13.2 Å². The van der Waals surface area contributed by atoms with Crippen LogP contribution in [0.25, 0.3) is 0 Å². The van der Waals surface area contributed by atoms with Crippen LogP contribution < -0.4 is 0 Å². The third-order valence-corrected chi connectivity index (χ3v) is 4.31. The normalized spacial score (nSPS) is 36.0. The molecule has 8 heteroatoms. The second-order valence-electron chi connectivity index (χ2n) is 5.45. The summed E-state index contributed by atoms with van der Waals surface area (Å²) in [5, 5.41) is 19.6. The second kappa shape index (κ2) is 4.94. The predicted molar refractivity (Wildman–Crippen MR) is 67.6 cm³/mol. The number of morpholine rings is 1. The Morgan fingerprint density at radius 2 is 1.86 bits per heavy atom.